The van der Waals surface area contributed by atoms with E-state index in [1.807, 2.05) is 37.3 Å². The van der Waals surface area contributed by atoms with Crippen molar-refractivity contribution in [3.05, 3.63) is 70.7 Å². The van der Waals surface area contributed by atoms with Crippen LogP contribution >= 0.6 is 11.6 Å². The molecule has 2 aromatic carbocycles. The van der Waals surface area contributed by atoms with E-state index in [-0.39, 0.29) is 6.54 Å². The van der Waals surface area contributed by atoms with E-state index in [1.165, 1.54) is 5.56 Å². The van der Waals surface area contributed by atoms with Crippen LogP contribution in [0.3, 0.4) is 0 Å². The molecule has 0 atom stereocenters. The maximum absolute atomic E-state index is 11.8. The molecule has 0 heterocycles. The molecule has 0 aliphatic rings. The molecule has 130 valence electrons. The normalized spacial score (nSPS) is 11.0. The van der Waals surface area contributed by atoms with E-state index in [2.05, 4.69) is 15.8 Å². The lowest BCUT2D eigenvalue weighted by molar-refractivity contribution is -0.139. The second-order valence-corrected chi connectivity index (χ2v) is 6.02. The van der Waals surface area contributed by atoms with Crippen molar-refractivity contribution in [2.75, 3.05) is 0 Å². The van der Waals surface area contributed by atoms with Gasteiger partial charge in [-0.2, -0.15) is 5.10 Å². The van der Waals surface area contributed by atoms with Gasteiger partial charge < -0.3 is 5.32 Å². The highest BCUT2D eigenvalue weighted by Gasteiger charge is 2.12. The molecule has 0 radical (unpaired) electrons. The molecule has 0 aliphatic carbocycles. The summed E-state index contributed by atoms with van der Waals surface area (Å²) in [5.74, 6) is -1.51. The molecular weight excluding hydrogens is 338 g/mol. The van der Waals surface area contributed by atoms with E-state index in [9.17, 15) is 9.59 Å². The number of nitrogens with one attached hydrogen (secondary N) is 2. The molecule has 5 nitrogen and oxygen atoms in total. The molecule has 2 aromatic rings. The van der Waals surface area contributed by atoms with Crippen LogP contribution in [0.15, 0.2) is 59.7 Å². The van der Waals surface area contributed by atoms with Gasteiger partial charge in [0, 0.05) is 17.3 Å². The Kier molecular flexibility index (Phi) is 7.16. The van der Waals surface area contributed by atoms with Crippen molar-refractivity contribution < 1.29 is 9.59 Å². The minimum Gasteiger partial charge on any atom is -0.344 e. The lowest BCUT2D eigenvalue weighted by Crippen LogP contribution is -2.37. The quantitative estimate of drug-likeness (QED) is 0.474. The summed E-state index contributed by atoms with van der Waals surface area (Å²) in [6.07, 6.45) is 1.53. The number of carbonyl (C=O) groups is 2. The van der Waals surface area contributed by atoms with Crippen molar-refractivity contribution in [3.63, 3.8) is 0 Å². The molecule has 0 fully saturated rings. The first-order chi connectivity index (χ1) is 12.0. The number of hydrazone groups is 1. The number of amides is 2. The molecular formula is C19H20ClN3O2. The number of benzene rings is 2. The Hall–Kier alpha value is -2.66. The van der Waals surface area contributed by atoms with Crippen LogP contribution in [0.25, 0.3) is 0 Å². The summed E-state index contributed by atoms with van der Waals surface area (Å²) < 4.78 is 0. The second-order valence-electron chi connectivity index (χ2n) is 5.58. The Labute approximate surface area is 152 Å². The first-order valence-electron chi connectivity index (χ1n) is 7.94. The van der Waals surface area contributed by atoms with Gasteiger partial charge in [-0.05, 0) is 43.0 Å². The molecule has 0 bridgehead atoms. The van der Waals surface area contributed by atoms with E-state index in [1.54, 1.807) is 24.3 Å². The van der Waals surface area contributed by atoms with Crippen LogP contribution in [0.2, 0.25) is 5.02 Å². The molecule has 6 heteroatoms. The minimum atomic E-state index is -0.784. The summed E-state index contributed by atoms with van der Waals surface area (Å²) in [5, 5.41) is 7.12. The predicted octanol–water partition coefficient (Wildman–Crippen LogP) is 3.08. The van der Waals surface area contributed by atoms with Gasteiger partial charge >= 0.3 is 11.8 Å². The predicted molar refractivity (Wildman–Crippen MR) is 99.3 cm³/mol. The van der Waals surface area contributed by atoms with E-state index in [0.717, 1.165) is 17.7 Å². The fourth-order valence-electron chi connectivity index (χ4n) is 2.09. The van der Waals surface area contributed by atoms with Gasteiger partial charge in [-0.1, -0.05) is 54.1 Å². The number of nitrogens with zero attached hydrogens (tertiary/aromatic N) is 1. The topological polar surface area (TPSA) is 70.6 Å². The molecule has 2 rings (SSSR count). The van der Waals surface area contributed by atoms with Gasteiger partial charge in [-0.15, -0.1) is 0 Å². The monoisotopic (exact) mass is 357 g/mol. The summed E-state index contributed by atoms with van der Waals surface area (Å²) in [5.41, 5.74) is 5.09. The number of hydrogen-bond donors (Lipinski definition) is 2. The lowest BCUT2D eigenvalue weighted by atomic mass is 10.1. The van der Waals surface area contributed by atoms with Crippen LogP contribution in [0, 0.1) is 0 Å². The Morgan fingerprint density at radius 2 is 1.64 bits per heavy atom. The summed E-state index contributed by atoms with van der Waals surface area (Å²) in [6, 6.07) is 17.0. The van der Waals surface area contributed by atoms with Crippen molar-refractivity contribution in [1.82, 2.24) is 10.7 Å². The van der Waals surface area contributed by atoms with Gasteiger partial charge in [0.15, 0.2) is 0 Å². The molecule has 0 saturated carbocycles. The zero-order valence-corrected chi connectivity index (χ0v) is 14.7. The minimum absolute atomic E-state index is 0.250. The van der Waals surface area contributed by atoms with Gasteiger partial charge in [0.25, 0.3) is 0 Å². The third kappa shape index (κ3) is 6.77. The van der Waals surface area contributed by atoms with Gasteiger partial charge in [-0.3, -0.25) is 9.59 Å². The highest BCUT2D eigenvalue weighted by Crippen LogP contribution is 2.09. The summed E-state index contributed by atoms with van der Waals surface area (Å²) in [4.78, 5) is 23.5. The molecule has 0 aliphatic heterocycles. The van der Waals surface area contributed by atoms with Crippen LogP contribution in [-0.4, -0.2) is 17.5 Å². The van der Waals surface area contributed by atoms with Crippen LogP contribution in [-0.2, 0) is 22.6 Å². The summed E-state index contributed by atoms with van der Waals surface area (Å²) in [7, 11) is 0. The fraction of sp³-hybridized carbons (Fsp3) is 0.211. The first-order valence-corrected chi connectivity index (χ1v) is 8.32. The molecule has 0 saturated heterocycles. The Morgan fingerprint density at radius 1 is 0.960 bits per heavy atom. The largest absolute Gasteiger partial charge is 0.344 e. The number of aryl methyl sites for hydroxylation is 1. The highest BCUT2D eigenvalue weighted by atomic mass is 35.5. The zero-order chi connectivity index (χ0) is 18.1. The zero-order valence-electron chi connectivity index (χ0n) is 14.0. The van der Waals surface area contributed by atoms with Crippen LogP contribution in [0.4, 0.5) is 0 Å². The number of halogens is 1. The number of carbonyl (C=O) groups excluding carboxylic acids is 2. The summed E-state index contributed by atoms with van der Waals surface area (Å²) >= 11 is 5.79. The SMILES string of the molecule is CC(CCc1ccccc1)=NNC(=O)C(=O)NCc1ccc(Cl)cc1. The van der Waals surface area contributed by atoms with Gasteiger partial charge in [0.2, 0.25) is 0 Å². The molecule has 0 spiro atoms. The average molecular weight is 358 g/mol. The van der Waals surface area contributed by atoms with Crippen molar-refractivity contribution in [3.8, 4) is 0 Å². The van der Waals surface area contributed by atoms with Crippen LogP contribution in [0.5, 0.6) is 0 Å². The van der Waals surface area contributed by atoms with Gasteiger partial charge in [0.1, 0.15) is 0 Å². The Bertz CT molecular complexity index is 743. The third-order valence-electron chi connectivity index (χ3n) is 3.54. The van der Waals surface area contributed by atoms with E-state index < -0.39 is 11.8 Å². The van der Waals surface area contributed by atoms with E-state index in [0.29, 0.717) is 11.4 Å². The maximum Gasteiger partial charge on any atom is 0.329 e. The van der Waals surface area contributed by atoms with E-state index >= 15 is 0 Å². The molecule has 25 heavy (non-hydrogen) atoms. The third-order valence-corrected chi connectivity index (χ3v) is 3.79. The van der Waals surface area contributed by atoms with Crippen LogP contribution in [0.1, 0.15) is 24.5 Å². The van der Waals surface area contributed by atoms with Crippen molar-refractivity contribution >= 4 is 29.1 Å². The van der Waals surface area contributed by atoms with Crippen molar-refractivity contribution in [1.29, 1.82) is 0 Å². The van der Waals surface area contributed by atoms with Crippen molar-refractivity contribution in [2.45, 2.75) is 26.3 Å². The maximum atomic E-state index is 11.8. The Morgan fingerprint density at radius 3 is 2.32 bits per heavy atom. The van der Waals surface area contributed by atoms with Crippen molar-refractivity contribution in [2.24, 2.45) is 5.10 Å². The number of hydrogen-bond acceptors (Lipinski definition) is 3. The van der Waals surface area contributed by atoms with Crippen LogP contribution < -0.4 is 10.7 Å². The smallest absolute Gasteiger partial charge is 0.329 e. The Balaban J connectivity index is 1.74. The second kappa shape index (κ2) is 9.59. The standard InChI is InChI=1S/C19H20ClN3O2/c1-14(7-8-15-5-3-2-4-6-15)22-23-19(25)18(24)21-13-16-9-11-17(20)12-10-16/h2-6,9-12H,7-8,13H2,1H3,(H,21,24)(H,23,25). The molecule has 0 aromatic heterocycles. The molecule has 2 N–H and O–H groups in total. The van der Waals surface area contributed by atoms with Gasteiger partial charge in [0.05, 0.1) is 0 Å². The first kappa shape index (κ1) is 18.7. The number of rotatable bonds is 6. The summed E-state index contributed by atoms with van der Waals surface area (Å²) in [6.45, 7) is 2.06. The lowest BCUT2D eigenvalue weighted by Gasteiger charge is -2.05. The fourth-order valence-corrected chi connectivity index (χ4v) is 2.21. The van der Waals surface area contributed by atoms with E-state index in [4.69, 9.17) is 11.6 Å². The highest BCUT2D eigenvalue weighted by molar-refractivity contribution is 6.35. The molecule has 2 amide bonds. The molecule has 0 unspecified atom stereocenters. The van der Waals surface area contributed by atoms with Gasteiger partial charge in [-0.25, -0.2) is 5.43 Å². The average Bonchev–Trinajstić information content (AvgIpc) is 2.64.